The minimum atomic E-state index is -4.60. The first-order chi connectivity index (χ1) is 18.8. The number of nitrogens with one attached hydrogen (secondary N) is 1. The van der Waals surface area contributed by atoms with Crippen LogP contribution in [0.25, 0.3) is 5.70 Å². The number of hydrogen-bond acceptors (Lipinski definition) is 7. The van der Waals surface area contributed by atoms with Gasteiger partial charge in [-0.2, -0.15) is 18.3 Å². The van der Waals surface area contributed by atoms with E-state index in [1.165, 1.54) is 18.1 Å². The Balaban J connectivity index is 1.60. The van der Waals surface area contributed by atoms with Crippen molar-refractivity contribution < 1.29 is 18.0 Å². The summed E-state index contributed by atoms with van der Waals surface area (Å²) in [7, 11) is 3.79. The highest BCUT2D eigenvalue weighted by Gasteiger charge is 2.35. The van der Waals surface area contributed by atoms with Crippen molar-refractivity contribution in [1.29, 1.82) is 0 Å². The Bertz CT molecular complexity index is 1420. The second-order valence-electron chi connectivity index (χ2n) is 10.1. The van der Waals surface area contributed by atoms with Crippen LogP contribution in [0.4, 0.5) is 30.2 Å². The zero-order chi connectivity index (χ0) is 29.2. The molecule has 12 heteroatoms. The van der Waals surface area contributed by atoms with Crippen LogP contribution in [0.2, 0.25) is 0 Å². The summed E-state index contributed by atoms with van der Waals surface area (Å²) in [6, 6.07) is 9.11. The zero-order valence-corrected chi connectivity index (χ0v) is 23.1. The predicted octanol–water partition coefficient (Wildman–Crippen LogP) is 4.09. The summed E-state index contributed by atoms with van der Waals surface area (Å²) in [5, 5.41) is 8.20. The summed E-state index contributed by atoms with van der Waals surface area (Å²) in [6.45, 7) is 6.10. The number of nitrogens with zero attached hydrogens (tertiary/aromatic N) is 5. The number of anilines is 3. The third-order valence-corrected chi connectivity index (χ3v) is 7.23. The van der Waals surface area contributed by atoms with Gasteiger partial charge in [0.05, 0.1) is 23.1 Å². The van der Waals surface area contributed by atoms with Crippen LogP contribution >= 0.6 is 0 Å². The minimum Gasteiger partial charge on any atom is -0.397 e. The summed E-state index contributed by atoms with van der Waals surface area (Å²) in [5.74, 6) is 5.56. The van der Waals surface area contributed by atoms with Gasteiger partial charge in [-0.05, 0) is 69.8 Å². The van der Waals surface area contributed by atoms with E-state index in [9.17, 15) is 18.0 Å². The number of hydrazine groups is 1. The van der Waals surface area contributed by atoms with E-state index in [0.29, 0.717) is 35.8 Å². The highest BCUT2D eigenvalue weighted by atomic mass is 19.4. The van der Waals surface area contributed by atoms with Crippen molar-refractivity contribution in [3.63, 3.8) is 0 Å². The third-order valence-electron chi connectivity index (χ3n) is 7.23. The lowest BCUT2D eigenvalue weighted by atomic mass is 10.0. The number of aromatic nitrogens is 2. The van der Waals surface area contributed by atoms with Crippen molar-refractivity contribution >= 4 is 28.7 Å². The van der Waals surface area contributed by atoms with Crippen molar-refractivity contribution in [3.05, 3.63) is 76.7 Å². The largest absolute Gasteiger partial charge is 0.416 e. The second kappa shape index (κ2) is 11.6. The average Bonchev–Trinajstić information content (AvgIpc) is 3.08. The molecular formula is C28H35F3N8O. The maximum absolute atomic E-state index is 14.0. The van der Waals surface area contributed by atoms with Crippen molar-refractivity contribution in [2.24, 2.45) is 18.6 Å². The standard InChI is InChI=1S/C28H35F3N8O/c1-18-24(28(29,30)31)13-20(14-26(18)38-10-6-9-36(3)11-12-38)27(40)35-21-7-5-8-22(15-21)39(33)17-25(32)23-16-34-37(4)19(23)2/h5,7-8,13-17H,6,9-12,32-33H2,1-4H3,(H,35,40)/b25-17-. The van der Waals surface area contributed by atoms with Crippen LogP contribution < -0.4 is 26.8 Å². The van der Waals surface area contributed by atoms with Gasteiger partial charge in [0.25, 0.3) is 5.91 Å². The lowest BCUT2D eigenvalue weighted by molar-refractivity contribution is -0.138. The fourth-order valence-electron chi connectivity index (χ4n) is 4.76. The number of nitrogens with two attached hydrogens (primary N) is 2. The van der Waals surface area contributed by atoms with Gasteiger partial charge in [-0.3, -0.25) is 14.5 Å². The van der Waals surface area contributed by atoms with Gasteiger partial charge in [0.1, 0.15) is 0 Å². The Kier molecular flexibility index (Phi) is 8.40. The molecule has 2 aromatic carbocycles. The molecule has 1 aromatic heterocycles. The molecule has 0 aliphatic carbocycles. The van der Waals surface area contributed by atoms with Crippen molar-refractivity contribution in [2.75, 3.05) is 48.5 Å². The van der Waals surface area contributed by atoms with Gasteiger partial charge in [-0.25, -0.2) is 5.84 Å². The summed E-state index contributed by atoms with van der Waals surface area (Å²) in [6.07, 6.45) is -0.613. The Morgan fingerprint density at radius 1 is 1.10 bits per heavy atom. The number of alkyl halides is 3. The molecule has 0 saturated carbocycles. The van der Waals surface area contributed by atoms with Crippen LogP contribution in [0.1, 0.15) is 39.2 Å². The summed E-state index contributed by atoms with van der Waals surface area (Å²) in [4.78, 5) is 17.3. The molecule has 3 aromatic rings. The molecule has 0 unspecified atom stereocenters. The molecule has 1 aliphatic heterocycles. The van der Waals surface area contributed by atoms with E-state index in [4.69, 9.17) is 11.6 Å². The van der Waals surface area contributed by atoms with Gasteiger partial charge in [-0.15, -0.1) is 0 Å². The van der Waals surface area contributed by atoms with E-state index in [2.05, 4.69) is 15.3 Å². The molecule has 0 bridgehead atoms. The number of carbonyl (C=O) groups excluding carboxylic acids is 1. The minimum absolute atomic E-state index is 0.0725. The van der Waals surface area contributed by atoms with E-state index in [1.807, 2.05) is 18.9 Å². The summed E-state index contributed by atoms with van der Waals surface area (Å²) >= 11 is 0. The molecule has 2 heterocycles. The van der Waals surface area contributed by atoms with Crippen molar-refractivity contribution in [3.8, 4) is 0 Å². The Hall–Kier alpha value is -4.03. The lowest BCUT2D eigenvalue weighted by Crippen LogP contribution is -2.30. The van der Waals surface area contributed by atoms with E-state index in [0.717, 1.165) is 36.8 Å². The van der Waals surface area contributed by atoms with E-state index in [1.54, 1.807) is 48.3 Å². The monoisotopic (exact) mass is 556 g/mol. The number of amides is 1. The normalized spacial score (nSPS) is 15.2. The molecular weight excluding hydrogens is 521 g/mol. The second-order valence-corrected chi connectivity index (χ2v) is 10.1. The average molecular weight is 557 g/mol. The van der Waals surface area contributed by atoms with Crippen LogP contribution in [0.5, 0.6) is 0 Å². The third kappa shape index (κ3) is 6.40. The van der Waals surface area contributed by atoms with Crippen LogP contribution in [0.15, 0.2) is 48.8 Å². The predicted molar refractivity (Wildman–Crippen MR) is 152 cm³/mol. The molecule has 40 heavy (non-hydrogen) atoms. The first-order valence-corrected chi connectivity index (χ1v) is 12.9. The molecule has 214 valence electrons. The molecule has 4 rings (SSSR count). The quantitative estimate of drug-likeness (QED) is 0.310. The van der Waals surface area contributed by atoms with Crippen molar-refractivity contribution in [1.82, 2.24) is 14.7 Å². The molecule has 1 aliphatic rings. The number of likely N-dealkylation sites (N-methyl/N-ethyl adjacent to an activating group) is 1. The number of carbonyl (C=O) groups is 1. The molecule has 1 fully saturated rings. The Morgan fingerprint density at radius 2 is 1.85 bits per heavy atom. The summed E-state index contributed by atoms with van der Waals surface area (Å²) < 4.78 is 43.7. The fourth-order valence-corrected chi connectivity index (χ4v) is 4.76. The van der Waals surface area contributed by atoms with Gasteiger partial charge >= 0.3 is 6.18 Å². The van der Waals surface area contributed by atoms with Crippen LogP contribution in [-0.2, 0) is 13.2 Å². The number of benzene rings is 2. The number of rotatable bonds is 6. The Labute approximate surface area is 231 Å². The van der Waals surface area contributed by atoms with E-state index >= 15 is 0 Å². The fraction of sp³-hybridized carbons (Fsp3) is 0.357. The van der Waals surface area contributed by atoms with E-state index < -0.39 is 17.6 Å². The molecule has 9 nitrogen and oxygen atoms in total. The topological polar surface area (TPSA) is 109 Å². The van der Waals surface area contributed by atoms with E-state index in [-0.39, 0.29) is 11.1 Å². The number of halogens is 3. The summed E-state index contributed by atoms with van der Waals surface area (Å²) in [5.41, 5.74) is 8.73. The highest BCUT2D eigenvalue weighted by Crippen LogP contribution is 2.37. The highest BCUT2D eigenvalue weighted by molar-refractivity contribution is 6.05. The smallest absolute Gasteiger partial charge is 0.397 e. The van der Waals surface area contributed by atoms with Gasteiger partial charge in [0.2, 0.25) is 0 Å². The first-order valence-electron chi connectivity index (χ1n) is 12.9. The Morgan fingerprint density at radius 3 is 2.52 bits per heavy atom. The van der Waals surface area contributed by atoms with Gasteiger partial charge in [-0.1, -0.05) is 6.07 Å². The first kappa shape index (κ1) is 29.0. The molecule has 0 atom stereocenters. The SMILES string of the molecule is Cc1c(N2CCCN(C)CC2)cc(C(=O)Nc2cccc(N(N)/C=C(\N)c3cnn(C)c3C)c2)cc1C(F)(F)F. The van der Waals surface area contributed by atoms with Crippen LogP contribution in [0.3, 0.4) is 0 Å². The van der Waals surface area contributed by atoms with Crippen molar-refractivity contribution in [2.45, 2.75) is 26.4 Å². The molecule has 1 saturated heterocycles. The lowest BCUT2D eigenvalue weighted by Gasteiger charge is -2.27. The van der Waals surface area contributed by atoms with Gasteiger partial charge in [0.15, 0.2) is 0 Å². The molecule has 0 radical (unpaired) electrons. The van der Waals surface area contributed by atoms with Gasteiger partial charge in [0, 0.05) is 61.1 Å². The number of hydrogen-bond donors (Lipinski definition) is 3. The van der Waals surface area contributed by atoms with Crippen LogP contribution in [0, 0.1) is 13.8 Å². The maximum Gasteiger partial charge on any atom is 0.416 e. The van der Waals surface area contributed by atoms with Crippen LogP contribution in [-0.4, -0.2) is 53.8 Å². The molecule has 1 amide bonds. The molecule has 5 N–H and O–H groups in total. The van der Waals surface area contributed by atoms with Gasteiger partial charge < -0.3 is 20.9 Å². The number of aryl methyl sites for hydroxylation is 1. The molecule has 0 spiro atoms. The maximum atomic E-state index is 14.0. The zero-order valence-electron chi connectivity index (χ0n) is 23.1.